The molecule has 16 nitrogen and oxygen atoms in total. The highest BCUT2D eigenvalue weighted by atomic mass is 16.5. The normalized spacial score (nSPS) is 15.2. The van der Waals surface area contributed by atoms with Gasteiger partial charge in [-0.05, 0) is 75.7 Å². The van der Waals surface area contributed by atoms with Crippen molar-refractivity contribution in [1.82, 2.24) is 30.0 Å². The summed E-state index contributed by atoms with van der Waals surface area (Å²) in [7, 11) is 10.6. The molecule has 6 rings (SSSR count). The quantitative estimate of drug-likeness (QED) is 0.126. The molecular formula is C41H47N7O9. The maximum Gasteiger partial charge on any atom is 0.266 e. The monoisotopic (exact) mass is 781 g/mol. The van der Waals surface area contributed by atoms with Crippen LogP contribution in [-0.4, -0.2) is 110 Å². The Bertz CT molecular complexity index is 2280. The lowest BCUT2D eigenvalue weighted by molar-refractivity contribution is -0.136. The van der Waals surface area contributed by atoms with Gasteiger partial charge in [0.1, 0.15) is 29.1 Å². The fourth-order valence-corrected chi connectivity index (χ4v) is 7.17. The first-order chi connectivity index (χ1) is 27.3. The number of ether oxygens (including phenoxy) is 3. The molecule has 1 unspecified atom stereocenters. The first-order valence-electron chi connectivity index (χ1n) is 18.7. The van der Waals surface area contributed by atoms with Gasteiger partial charge in [0.2, 0.25) is 17.7 Å². The number of methoxy groups -OCH3 is 2. The van der Waals surface area contributed by atoms with E-state index >= 15 is 0 Å². The van der Waals surface area contributed by atoms with Gasteiger partial charge in [-0.1, -0.05) is 6.07 Å². The summed E-state index contributed by atoms with van der Waals surface area (Å²) in [5.74, 6) is -0.486. The number of benzene rings is 2. The Labute approximate surface area is 329 Å². The molecule has 1 atom stereocenters. The Balaban J connectivity index is 1.01. The lowest BCUT2D eigenvalue weighted by Gasteiger charge is -2.27. The third-order valence-electron chi connectivity index (χ3n) is 10.0. The summed E-state index contributed by atoms with van der Waals surface area (Å²) in [6, 6.07) is 9.24. The average Bonchev–Trinajstić information content (AvgIpc) is 3.44. The van der Waals surface area contributed by atoms with Crippen molar-refractivity contribution < 1.29 is 38.2 Å². The summed E-state index contributed by atoms with van der Waals surface area (Å²) in [4.78, 5) is 85.8. The smallest absolute Gasteiger partial charge is 0.266 e. The van der Waals surface area contributed by atoms with Crippen molar-refractivity contribution in [3.63, 3.8) is 0 Å². The maximum atomic E-state index is 13.4. The second kappa shape index (κ2) is 17.2. The molecule has 0 bridgehead atoms. The Hall–Kier alpha value is -6.29. The summed E-state index contributed by atoms with van der Waals surface area (Å²) >= 11 is 0. The third kappa shape index (κ3) is 8.45. The van der Waals surface area contributed by atoms with E-state index in [0.29, 0.717) is 60.4 Å². The van der Waals surface area contributed by atoms with E-state index in [4.69, 9.17) is 14.2 Å². The molecule has 1 saturated heterocycles. The zero-order valence-electron chi connectivity index (χ0n) is 33.0. The highest BCUT2D eigenvalue weighted by Crippen LogP contribution is 2.38. The molecule has 16 heteroatoms. The minimum Gasteiger partial charge on any atom is -0.496 e. The van der Waals surface area contributed by atoms with E-state index in [2.05, 4.69) is 15.6 Å². The van der Waals surface area contributed by atoms with Crippen molar-refractivity contribution in [2.45, 2.75) is 44.7 Å². The molecule has 2 aliphatic rings. The molecule has 0 saturated carbocycles. The summed E-state index contributed by atoms with van der Waals surface area (Å²) in [6.07, 6.45) is 5.54. The zero-order valence-corrected chi connectivity index (χ0v) is 33.0. The Morgan fingerprint density at radius 1 is 0.930 bits per heavy atom. The second-order valence-corrected chi connectivity index (χ2v) is 14.4. The Morgan fingerprint density at radius 2 is 1.67 bits per heavy atom. The van der Waals surface area contributed by atoms with Gasteiger partial charge in [-0.25, -0.2) is 4.98 Å². The van der Waals surface area contributed by atoms with Crippen LogP contribution in [0.1, 0.15) is 58.4 Å². The van der Waals surface area contributed by atoms with Gasteiger partial charge in [0.05, 0.1) is 49.4 Å². The topological polar surface area (TPSA) is 182 Å². The highest BCUT2D eigenvalue weighted by Gasteiger charge is 2.46. The summed E-state index contributed by atoms with van der Waals surface area (Å²) in [5.41, 5.74) is 2.55. The van der Waals surface area contributed by atoms with Crippen LogP contribution in [0.15, 0.2) is 53.6 Å². The number of rotatable bonds is 16. The van der Waals surface area contributed by atoms with Crippen LogP contribution in [0.2, 0.25) is 0 Å². The predicted octanol–water partition coefficient (Wildman–Crippen LogP) is 2.88. The van der Waals surface area contributed by atoms with Crippen LogP contribution in [-0.2, 0) is 28.0 Å². The van der Waals surface area contributed by atoms with Crippen LogP contribution >= 0.6 is 0 Å². The summed E-state index contributed by atoms with van der Waals surface area (Å²) in [5, 5.41) is 6.22. The van der Waals surface area contributed by atoms with E-state index in [1.807, 2.05) is 31.1 Å². The number of nitrogens with one attached hydrogen (secondary N) is 2. The summed E-state index contributed by atoms with van der Waals surface area (Å²) < 4.78 is 18.9. The number of hydrogen-bond donors (Lipinski definition) is 2. The minimum atomic E-state index is -1.05. The number of amides is 5. The van der Waals surface area contributed by atoms with Crippen LogP contribution in [0.3, 0.4) is 0 Å². The van der Waals surface area contributed by atoms with Gasteiger partial charge < -0.3 is 33.9 Å². The summed E-state index contributed by atoms with van der Waals surface area (Å²) in [6.45, 7) is 1.33. The Morgan fingerprint density at radius 3 is 2.35 bits per heavy atom. The van der Waals surface area contributed by atoms with Gasteiger partial charge in [-0.3, -0.25) is 39.0 Å². The third-order valence-corrected chi connectivity index (χ3v) is 10.0. The van der Waals surface area contributed by atoms with Gasteiger partial charge in [0, 0.05) is 56.9 Å². The van der Waals surface area contributed by atoms with Crippen LogP contribution in [0.5, 0.6) is 17.2 Å². The largest absolute Gasteiger partial charge is 0.496 e. The second-order valence-electron chi connectivity index (χ2n) is 14.4. The number of carbonyl (C=O) groups excluding carboxylic acids is 5. The molecule has 5 amide bonds. The standard InChI is InChI=1S/C41H47N7O9/c1-45(2)21-29-32(55-5)17-24(18-33(29)56-6)28-22-47(4)39(52)26-19-34(43-20-27(26)28)46(3)23-36(50)42-15-8-7-9-16-57-31-12-10-11-25-37(31)41(54)48(40(25)53)30-13-14-35(49)44-38(30)51/h10-12,17-20,22,30H,7-9,13-16,21,23H2,1-6H3,(H,42,50)(H,44,49,51). The highest BCUT2D eigenvalue weighted by molar-refractivity contribution is 6.24. The molecule has 300 valence electrons. The molecule has 0 spiro atoms. The van der Waals surface area contributed by atoms with E-state index < -0.39 is 29.7 Å². The molecule has 0 radical (unpaired) electrons. The molecule has 4 heterocycles. The lowest BCUT2D eigenvalue weighted by atomic mass is 9.99. The fourth-order valence-electron chi connectivity index (χ4n) is 7.17. The number of aryl methyl sites for hydroxylation is 1. The van der Waals surface area contributed by atoms with Gasteiger partial charge in [0.15, 0.2) is 0 Å². The zero-order chi connectivity index (χ0) is 41.0. The van der Waals surface area contributed by atoms with E-state index in [-0.39, 0.29) is 54.3 Å². The molecule has 2 aromatic heterocycles. The van der Waals surface area contributed by atoms with E-state index in [0.717, 1.165) is 21.6 Å². The van der Waals surface area contributed by atoms with Crippen LogP contribution in [0.25, 0.3) is 21.9 Å². The van der Waals surface area contributed by atoms with Crippen LogP contribution in [0.4, 0.5) is 5.82 Å². The van der Waals surface area contributed by atoms with Crippen molar-refractivity contribution in [2.24, 2.45) is 7.05 Å². The molecule has 2 aromatic carbocycles. The molecule has 57 heavy (non-hydrogen) atoms. The van der Waals surface area contributed by atoms with E-state index in [9.17, 15) is 28.8 Å². The number of imide groups is 2. The van der Waals surface area contributed by atoms with Crippen molar-refractivity contribution in [1.29, 1.82) is 0 Å². The molecular weight excluding hydrogens is 734 g/mol. The van der Waals surface area contributed by atoms with E-state index in [1.165, 1.54) is 10.6 Å². The first kappa shape index (κ1) is 40.4. The molecule has 4 aromatic rings. The number of piperidine rings is 1. The maximum absolute atomic E-state index is 13.4. The SMILES string of the molecule is COc1cc(-c2cn(C)c(=O)c3cc(N(C)CC(=O)NCCCCCOc4cccc5c4C(=O)N(C4CCC(=O)NC4=O)C5=O)ncc23)cc(OC)c1CN(C)C. The number of likely N-dealkylation sites (N-methyl/N-ethyl adjacent to an activating group) is 1. The molecule has 0 aliphatic carbocycles. The number of carbonyl (C=O) groups is 5. The number of unbranched alkanes of at least 4 members (excludes halogenated alkanes) is 2. The van der Waals surface area contributed by atoms with Crippen molar-refractivity contribution in [3.8, 4) is 28.4 Å². The van der Waals surface area contributed by atoms with Gasteiger partial charge in [-0.15, -0.1) is 0 Å². The van der Waals surface area contributed by atoms with Crippen molar-refractivity contribution in [2.75, 3.05) is 60.0 Å². The van der Waals surface area contributed by atoms with Crippen LogP contribution in [0, 0.1) is 0 Å². The van der Waals surface area contributed by atoms with Gasteiger partial charge >= 0.3 is 0 Å². The number of hydrogen-bond acceptors (Lipinski definition) is 12. The first-order valence-corrected chi connectivity index (χ1v) is 18.7. The van der Waals surface area contributed by atoms with Crippen molar-refractivity contribution >= 4 is 46.1 Å². The number of anilines is 1. The average molecular weight is 782 g/mol. The number of nitrogens with zero attached hydrogens (tertiary/aromatic N) is 5. The number of aromatic nitrogens is 2. The molecule has 2 N–H and O–H groups in total. The lowest BCUT2D eigenvalue weighted by Crippen LogP contribution is -2.54. The molecule has 2 aliphatic heterocycles. The van der Waals surface area contributed by atoms with E-state index in [1.54, 1.807) is 63.8 Å². The van der Waals surface area contributed by atoms with Gasteiger partial charge in [0.25, 0.3) is 17.4 Å². The molecule has 1 fully saturated rings. The van der Waals surface area contributed by atoms with Crippen LogP contribution < -0.4 is 35.3 Å². The minimum absolute atomic E-state index is 0.0189. The van der Waals surface area contributed by atoms with Gasteiger partial charge in [-0.2, -0.15) is 0 Å². The number of fused-ring (bicyclic) bond motifs is 2. The number of pyridine rings is 2. The Kier molecular flexibility index (Phi) is 12.2. The fraction of sp³-hybridized carbons (Fsp3) is 0.390. The van der Waals surface area contributed by atoms with Crippen molar-refractivity contribution in [3.05, 3.63) is 75.8 Å². The predicted molar refractivity (Wildman–Crippen MR) is 212 cm³/mol.